The molecule has 0 radical (unpaired) electrons. The zero-order valence-electron chi connectivity index (χ0n) is 13.7. The van der Waals surface area contributed by atoms with Crippen LogP contribution in [0.2, 0.25) is 5.15 Å². The fourth-order valence-corrected chi connectivity index (χ4v) is 3.41. The van der Waals surface area contributed by atoms with Gasteiger partial charge in [0.1, 0.15) is 5.15 Å². The average Bonchev–Trinajstić information content (AvgIpc) is 2.62. The molecule has 3 rings (SSSR count). The predicted molar refractivity (Wildman–Crippen MR) is 101 cm³/mol. The van der Waals surface area contributed by atoms with Crippen molar-refractivity contribution in [3.63, 3.8) is 0 Å². The van der Waals surface area contributed by atoms with E-state index in [1.165, 1.54) is 36.4 Å². The molecule has 9 heteroatoms. The summed E-state index contributed by atoms with van der Waals surface area (Å²) in [4.78, 5) is 15.5. The Morgan fingerprint density at radius 2 is 1.59 bits per heavy atom. The predicted octanol–water partition coefficient (Wildman–Crippen LogP) is 3.93. The number of carbonyl (C=O) groups is 1. The van der Waals surface area contributed by atoms with E-state index in [4.69, 9.17) is 11.6 Å². The lowest BCUT2D eigenvalue weighted by Gasteiger charge is -2.09. The van der Waals surface area contributed by atoms with Gasteiger partial charge in [0, 0.05) is 11.4 Å². The normalized spacial score (nSPS) is 11.0. The standard InChI is InChI=1S/C18H13ClFN3O3S/c19-16-11-10-15(17(20)22-16)18(24)21-12-6-8-14(9-7-12)27(25,26)23-13-4-2-1-3-5-13/h1-11,23H,(H,21,24). The Hall–Kier alpha value is -2.97. The highest BCUT2D eigenvalue weighted by atomic mass is 35.5. The van der Waals surface area contributed by atoms with Crippen LogP contribution >= 0.6 is 11.6 Å². The number of sulfonamides is 1. The molecule has 0 aliphatic rings. The van der Waals surface area contributed by atoms with Gasteiger partial charge in [0.05, 0.1) is 10.5 Å². The lowest BCUT2D eigenvalue weighted by Crippen LogP contribution is -2.15. The molecule has 1 aromatic heterocycles. The van der Waals surface area contributed by atoms with Crippen LogP contribution in [0.15, 0.2) is 71.6 Å². The van der Waals surface area contributed by atoms with Gasteiger partial charge in [0.2, 0.25) is 5.95 Å². The van der Waals surface area contributed by atoms with Gasteiger partial charge in [-0.15, -0.1) is 0 Å². The molecule has 2 aromatic carbocycles. The molecule has 0 spiro atoms. The zero-order valence-corrected chi connectivity index (χ0v) is 15.3. The van der Waals surface area contributed by atoms with Crippen LogP contribution in [0.5, 0.6) is 0 Å². The molecule has 6 nitrogen and oxygen atoms in total. The van der Waals surface area contributed by atoms with Crippen LogP contribution in [0.25, 0.3) is 0 Å². The molecule has 0 saturated heterocycles. The largest absolute Gasteiger partial charge is 0.322 e. The van der Waals surface area contributed by atoms with E-state index < -0.39 is 21.9 Å². The number of anilines is 2. The molecule has 0 saturated carbocycles. The van der Waals surface area contributed by atoms with Crippen molar-refractivity contribution in [2.45, 2.75) is 4.90 Å². The second-order valence-corrected chi connectivity index (χ2v) is 7.49. The minimum Gasteiger partial charge on any atom is -0.322 e. The molecule has 138 valence electrons. The van der Waals surface area contributed by atoms with Crippen molar-refractivity contribution in [2.75, 3.05) is 10.0 Å². The van der Waals surface area contributed by atoms with Crippen LogP contribution in [0.1, 0.15) is 10.4 Å². The molecule has 0 fully saturated rings. The van der Waals surface area contributed by atoms with Crippen molar-refractivity contribution in [1.82, 2.24) is 4.98 Å². The number of halogens is 2. The van der Waals surface area contributed by atoms with E-state index in [2.05, 4.69) is 15.0 Å². The summed E-state index contributed by atoms with van der Waals surface area (Å²) < 4.78 is 40.9. The third-order valence-corrected chi connectivity index (χ3v) is 5.12. The van der Waals surface area contributed by atoms with E-state index in [0.29, 0.717) is 11.4 Å². The number of pyridine rings is 1. The number of para-hydroxylation sites is 1. The first kappa shape index (κ1) is 18.8. The Balaban J connectivity index is 1.74. The molecule has 0 bridgehead atoms. The molecule has 27 heavy (non-hydrogen) atoms. The summed E-state index contributed by atoms with van der Waals surface area (Å²) >= 11 is 5.55. The van der Waals surface area contributed by atoms with Gasteiger partial charge in [-0.25, -0.2) is 13.4 Å². The van der Waals surface area contributed by atoms with Crippen molar-refractivity contribution in [3.05, 3.63) is 83.4 Å². The summed E-state index contributed by atoms with van der Waals surface area (Å²) in [5.41, 5.74) is 0.454. The van der Waals surface area contributed by atoms with Crippen LogP contribution in [0.3, 0.4) is 0 Å². The maximum atomic E-state index is 13.7. The van der Waals surface area contributed by atoms with Gasteiger partial charge in [0.25, 0.3) is 15.9 Å². The van der Waals surface area contributed by atoms with Crippen LogP contribution in [-0.4, -0.2) is 19.3 Å². The Morgan fingerprint density at radius 1 is 0.926 bits per heavy atom. The maximum Gasteiger partial charge on any atom is 0.261 e. The minimum absolute atomic E-state index is 0.0173. The van der Waals surface area contributed by atoms with Gasteiger partial charge in [-0.05, 0) is 48.5 Å². The number of rotatable bonds is 5. The smallest absolute Gasteiger partial charge is 0.261 e. The van der Waals surface area contributed by atoms with Crippen LogP contribution in [0.4, 0.5) is 15.8 Å². The van der Waals surface area contributed by atoms with Gasteiger partial charge >= 0.3 is 0 Å². The first-order valence-electron chi connectivity index (χ1n) is 7.66. The summed E-state index contributed by atoms with van der Waals surface area (Å²) in [6.07, 6.45) is 0. The first-order valence-corrected chi connectivity index (χ1v) is 9.52. The maximum absolute atomic E-state index is 13.7. The van der Waals surface area contributed by atoms with Crippen molar-refractivity contribution in [2.24, 2.45) is 0 Å². The molecule has 2 N–H and O–H groups in total. The third-order valence-electron chi connectivity index (χ3n) is 3.51. The number of nitrogens with zero attached hydrogens (tertiary/aromatic N) is 1. The highest BCUT2D eigenvalue weighted by Gasteiger charge is 2.16. The van der Waals surface area contributed by atoms with Crippen molar-refractivity contribution >= 4 is 38.9 Å². The Labute approximate surface area is 160 Å². The first-order chi connectivity index (χ1) is 12.8. The van der Waals surface area contributed by atoms with Crippen LogP contribution in [0, 0.1) is 5.95 Å². The average molecular weight is 406 g/mol. The topological polar surface area (TPSA) is 88.2 Å². The summed E-state index contributed by atoms with van der Waals surface area (Å²) in [5.74, 6) is -1.72. The summed E-state index contributed by atoms with van der Waals surface area (Å²) in [7, 11) is -3.77. The molecule has 0 unspecified atom stereocenters. The summed E-state index contributed by atoms with van der Waals surface area (Å²) in [6, 6.07) is 16.4. The van der Waals surface area contributed by atoms with Crippen molar-refractivity contribution in [3.8, 4) is 0 Å². The molecule has 0 aliphatic heterocycles. The fourth-order valence-electron chi connectivity index (χ4n) is 2.22. The monoisotopic (exact) mass is 405 g/mol. The number of carbonyl (C=O) groups excluding carboxylic acids is 1. The molecule has 0 aliphatic carbocycles. The van der Waals surface area contributed by atoms with Gasteiger partial charge in [-0.1, -0.05) is 29.8 Å². The van der Waals surface area contributed by atoms with E-state index in [1.807, 2.05) is 0 Å². The number of aromatic nitrogens is 1. The summed E-state index contributed by atoms with van der Waals surface area (Å²) in [6.45, 7) is 0. The van der Waals surface area contributed by atoms with Crippen molar-refractivity contribution < 1.29 is 17.6 Å². The molecular weight excluding hydrogens is 393 g/mol. The van der Waals surface area contributed by atoms with E-state index in [-0.39, 0.29) is 15.6 Å². The van der Waals surface area contributed by atoms with Gasteiger partial charge < -0.3 is 5.32 Å². The van der Waals surface area contributed by atoms with E-state index in [1.54, 1.807) is 30.3 Å². The second-order valence-electron chi connectivity index (χ2n) is 5.42. The molecule has 0 atom stereocenters. The highest BCUT2D eigenvalue weighted by molar-refractivity contribution is 7.92. The minimum atomic E-state index is -3.77. The van der Waals surface area contributed by atoms with E-state index >= 15 is 0 Å². The molecule has 1 heterocycles. The van der Waals surface area contributed by atoms with E-state index in [9.17, 15) is 17.6 Å². The van der Waals surface area contributed by atoms with Crippen LogP contribution in [-0.2, 0) is 10.0 Å². The number of benzene rings is 2. The zero-order chi connectivity index (χ0) is 19.4. The van der Waals surface area contributed by atoms with Gasteiger partial charge in [-0.3, -0.25) is 9.52 Å². The second kappa shape index (κ2) is 7.73. The van der Waals surface area contributed by atoms with Crippen LogP contribution < -0.4 is 10.0 Å². The summed E-state index contributed by atoms with van der Waals surface area (Å²) in [5, 5.41) is 2.40. The lowest BCUT2D eigenvalue weighted by atomic mass is 10.2. The Morgan fingerprint density at radius 3 is 2.22 bits per heavy atom. The number of nitrogens with one attached hydrogen (secondary N) is 2. The Kier molecular flexibility index (Phi) is 5.38. The van der Waals surface area contributed by atoms with Gasteiger partial charge in [-0.2, -0.15) is 4.39 Å². The number of hydrogen-bond donors (Lipinski definition) is 2. The molecular formula is C18H13ClFN3O3S. The van der Waals surface area contributed by atoms with Crippen molar-refractivity contribution in [1.29, 1.82) is 0 Å². The number of amides is 1. The highest BCUT2D eigenvalue weighted by Crippen LogP contribution is 2.19. The SMILES string of the molecule is O=C(Nc1ccc(S(=O)(=O)Nc2ccccc2)cc1)c1ccc(Cl)nc1F. The number of hydrogen-bond acceptors (Lipinski definition) is 4. The lowest BCUT2D eigenvalue weighted by molar-refractivity contribution is 0.102. The molecule has 1 amide bonds. The van der Waals surface area contributed by atoms with E-state index in [0.717, 1.165) is 0 Å². The Bertz CT molecular complexity index is 1070. The third kappa shape index (κ3) is 4.60. The quantitative estimate of drug-likeness (QED) is 0.629. The fraction of sp³-hybridized carbons (Fsp3) is 0. The molecule has 3 aromatic rings. The van der Waals surface area contributed by atoms with Gasteiger partial charge in [0.15, 0.2) is 0 Å².